The molecule has 3 aromatic rings. The Morgan fingerprint density at radius 1 is 1.17 bits per heavy atom. The molecular formula is C22H24N4O3. The highest BCUT2D eigenvalue weighted by molar-refractivity contribution is 5.94. The Labute approximate surface area is 169 Å². The van der Waals surface area contributed by atoms with Crippen molar-refractivity contribution in [2.45, 2.75) is 25.4 Å². The summed E-state index contributed by atoms with van der Waals surface area (Å²) >= 11 is 0. The minimum atomic E-state index is -0.0103. The number of hydrogen-bond acceptors (Lipinski definition) is 6. The lowest BCUT2D eigenvalue weighted by atomic mass is 10.0. The number of piperidine rings is 1. The van der Waals surface area contributed by atoms with E-state index in [0.717, 1.165) is 37.2 Å². The maximum atomic E-state index is 12.3. The lowest BCUT2D eigenvalue weighted by molar-refractivity contribution is 0.0904. The number of carbonyl (C=O) groups excluding carboxylic acids is 1. The van der Waals surface area contributed by atoms with E-state index in [1.165, 1.54) is 0 Å². The number of hydrogen-bond donors (Lipinski definition) is 1. The molecule has 7 nitrogen and oxygen atoms in total. The Bertz CT molecular complexity index is 949. The van der Waals surface area contributed by atoms with E-state index in [2.05, 4.69) is 20.4 Å². The van der Waals surface area contributed by atoms with E-state index in [0.29, 0.717) is 23.8 Å². The van der Waals surface area contributed by atoms with Crippen LogP contribution in [0.5, 0.6) is 5.75 Å². The van der Waals surface area contributed by atoms with Crippen LogP contribution in [0.15, 0.2) is 59.1 Å². The van der Waals surface area contributed by atoms with Crippen molar-refractivity contribution < 1.29 is 14.1 Å². The van der Waals surface area contributed by atoms with Crippen LogP contribution in [0.2, 0.25) is 0 Å². The van der Waals surface area contributed by atoms with Gasteiger partial charge in [0, 0.05) is 30.3 Å². The molecule has 0 atom stereocenters. The Morgan fingerprint density at radius 3 is 2.72 bits per heavy atom. The molecule has 1 aromatic heterocycles. The highest BCUT2D eigenvalue weighted by Gasteiger charge is 2.22. The minimum absolute atomic E-state index is 0.0103. The number of ether oxygens (including phenoxy) is 1. The second kappa shape index (κ2) is 8.87. The zero-order chi connectivity index (χ0) is 20.1. The van der Waals surface area contributed by atoms with Crippen LogP contribution in [0.1, 0.15) is 29.1 Å². The van der Waals surface area contributed by atoms with Crippen molar-refractivity contribution in [1.29, 1.82) is 0 Å². The molecule has 1 aliphatic rings. The number of carbonyl (C=O) groups is 1. The first-order chi connectivity index (χ1) is 14.2. The molecule has 1 fully saturated rings. The summed E-state index contributed by atoms with van der Waals surface area (Å²) in [6.45, 7) is 2.35. The van der Waals surface area contributed by atoms with Crippen LogP contribution in [0.25, 0.3) is 11.4 Å². The van der Waals surface area contributed by atoms with Gasteiger partial charge in [0.15, 0.2) is 0 Å². The van der Waals surface area contributed by atoms with Gasteiger partial charge in [-0.1, -0.05) is 35.5 Å². The van der Waals surface area contributed by atoms with Crippen LogP contribution in [0.3, 0.4) is 0 Å². The molecule has 29 heavy (non-hydrogen) atoms. The predicted molar refractivity (Wildman–Crippen MR) is 108 cm³/mol. The molecule has 2 heterocycles. The summed E-state index contributed by atoms with van der Waals surface area (Å²) < 4.78 is 10.7. The van der Waals surface area contributed by atoms with Crippen molar-refractivity contribution in [3.05, 3.63) is 66.1 Å². The zero-order valence-corrected chi connectivity index (χ0v) is 16.4. The van der Waals surface area contributed by atoms with Crippen LogP contribution in [0.4, 0.5) is 0 Å². The SMILES string of the molecule is COc1cccc(-c2noc(CN3CCC(NC(=O)c4ccccc4)CC3)n2)c1. The van der Waals surface area contributed by atoms with Crippen molar-refractivity contribution in [3.63, 3.8) is 0 Å². The largest absolute Gasteiger partial charge is 0.497 e. The van der Waals surface area contributed by atoms with E-state index in [9.17, 15) is 4.79 Å². The monoisotopic (exact) mass is 392 g/mol. The van der Waals surface area contributed by atoms with Gasteiger partial charge in [-0.25, -0.2) is 0 Å². The molecular weight excluding hydrogens is 368 g/mol. The van der Waals surface area contributed by atoms with Gasteiger partial charge in [0.05, 0.1) is 13.7 Å². The summed E-state index contributed by atoms with van der Waals surface area (Å²) in [5.74, 6) is 1.90. The van der Waals surface area contributed by atoms with Gasteiger partial charge in [-0.2, -0.15) is 4.98 Å². The van der Waals surface area contributed by atoms with Crippen molar-refractivity contribution in [2.24, 2.45) is 0 Å². The molecule has 0 unspecified atom stereocenters. The summed E-state index contributed by atoms with van der Waals surface area (Å²) in [5.41, 5.74) is 1.56. The Balaban J connectivity index is 1.29. The van der Waals surface area contributed by atoms with Crippen molar-refractivity contribution in [3.8, 4) is 17.1 Å². The molecule has 1 aliphatic heterocycles. The molecule has 0 bridgehead atoms. The normalized spacial score (nSPS) is 15.2. The van der Waals surface area contributed by atoms with Gasteiger partial charge in [0.1, 0.15) is 5.75 Å². The standard InChI is InChI=1S/C22H24N4O3/c1-28-19-9-5-8-17(14-19)21-24-20(29-25-21)15-26-12-10-18(11-13-26)23-22(27)16-6-3-2-4-7-16/h2-9,14,18H,10-13,15H2,1H3,(H,23,27). The van der Waals surface area contributed by atoms with Crippen LogP contribution in [-0.4, -0.2) is 47.2 Å². The predicted octanol–water partition coefficient (Wildman–Crippen LogP) is 3.14. The van der Waals surface area contributed by atoms with E-state index in [-0.39, 0.29) is 11.9 Å². The number of benzene rings is 2. The van der Waals surface area contributed by atoms with Gasteiger partial charge in [0.25, 0.3) is 5.91 Å². The third kappa shape index (κ3) is 4.81. The maximum absolute atomic E-state index is 12.3. The molecule has 0 radical (unpaired) electrons. The number of rotatable bonds is 6. The van der Waals surface area contributed by atoms with Gasteiger partial charge >= 0.3 is 0 Å². The fraction of sp³-hybridized carbons (Fsp3) is 0.318. The zero-order valence-electron chi connectivity index (χ0n) is 16.4. The van der Waals surface area contributed by atoms with Crippen LogP contribution < -0.4 is 10.1 Å². The molecule has 150 valence electrons. The van der Waals surface area contributed by atoms with Crippen LogP contribution >= 0.6 is 0 Å². The summed E-state index contributed by atoms with van der Waals surface area (Å²) in [7, 11) is 1.63. The maximum Gasteiger partial charge on any atom is 0.251 e. The highest BCUT2D eigenvalue weighted by Crippen LogP contribution is 2.22. The molecule has 1 saturated heterocycles. The number of likely N-dealkylation sites (tertiary alicyclic amines) is 1. The number of methoxy groups -OCH3 is 1. The molecule has 0 spiro atoms. The molecule has 1 N–H and O–H groups in total. The first-order valence-corrected chi connectivity index (χ1v) is 9.76. The van der Waals surface area contributed by atoms with Gasteiger partial charge in [-0.15, -0.1) is 0 Å². The lowest BCUT2D eigenvalue weighted by Gasteiger charge is -2.31. The first-order valence-electron chi connectivity index (χ1n) is 9.76. The van der Waals surface area contributed by atoms with E-state index >= 15 is 0 Å². The highest BCUT2D eigenvalue weighted by atomic mass is 16.5. The van der Waals surface area contributed by atoms with E-state index in [1.807, 2.05) is 54.6 Å². The topological polar surface area (TPSA) is 80.5 Å². The second-order valence-corrected chi connectivity index (χ2v) is 7.13. The Morgan fingerprint density at radius 2 is 1.97 bits per heavy atom. The van der Waals surface area contributed by atoms with E-state index in [1.54, 1.807) is 7.11 Å². The van der Waals surface area contributed by atoms with Gasteiger partial charge < -0.3 is 14.6 Å². The van der Waals surface area contributed by atoms with Crippen molar-refractivity contribution >= 4 is 5.91 Å². The Kier molecular flexibility index (Phi) is 5.86. The summed E-state index contributed by atoms with van der Waals surface area (Å²) in [6, 6.07) is 17.1. The lowest BCUT2D eigenvalue weighted by Crippen LogP contribution is -2.44. The summed E-state index contributed by atoms with van der Waals surface area (Å²) in [4.78, 5) is 19.1. The van der Waals surface area contributed by atoms with Crippen LogP contribution in [0, 0.1) is 0 Å². The van der Waals surface area contributed by atoms with Crippen molar-refractivity contribution in [2.75, 3.05) is 20.2 Å². The molecule has 2 aromatic carbocycles. The number of nitrogens with one attached hydrogen (secondary N) is 1. The van der Waals surface area contributed by atoms with Gasteiger partial charge in [-0.05, 0) is 37.1 Å². The third-order valence-corrected chi connectivity index (χ3v) is 5.11. The number of aromatic nitrogens is 2. The molecule has 0 aliphatic carbocycles. The average Bonchev–Trinajstić information content (AvgIpc) is 3.24. The van der Waals surface area contributed by atoms with Gasteiger partial charge in [-0.3, -0.25) is 9.69 Å². The molecule has 1 amide bonds. The fourth-order valence-corrected chi connectivity index (χ4v) is 3.48. The van der Waals surface area contributed by atoms with Crippen molar-refractivity contribution in [1.82, 2.24) is 20.4 Å². The van der Waals surface area contributed by atoms with E-state index < -0.39 is 0 Å². The molecule has 7 heteroatoms. The smallest absolute Gasteiger partial charge is 0.251 e. The molecule has 4 rings (SSSR count). The van der Waals surface area contributed by atoms with Gasteiger partial charge in [0.2, 0.25) is 11.7 Å². The average molecular weight is 392 g/mol. The number of amides is 1. The Hall–Kier alpha value is -3.19. The summed E-state index contributed by atoms with van der Waals surface area (Å²) in [6.07, 6.45) is 1.80. The second-order valence-electron chi connectivity index (χ2n) is 7.13. The minimum Gasteiger partial charge on any atom is -0.497 e. The first kappa shape index (κ1) is 19.1. The number of nitrogens with zero attached hydrogens (tertiary/aromatic N) is 3. The summed E-state index contributed by atoms with van der Waals surface area (Å²) in [5, 5.41) is 7.22. The molecule has 0 saturated carbocycles. The third-order valence-electron chi connectivity index (χ3n) is 5.11. The van der Waals surface area contributed by atoms with Crippen LogP contribution in [-0.2, 0) is 6.54 Å². The quantitative estimate of drug-likeness (QED) is 0.694. The van der Waals surface area contributed by atoms with E-state index in [4.69, 9.17) is 9.26 Å². The fourth-order valence-electron chi connectivity index (χ4n) is 3.48.